The minimum absolute atomic E-state index is 0.441. The number of ether oxygens (including phenoxy) is 1. The van der Waals surface area contributed by atoms with Gasteiger partial charge in [0.15, 0.2) is 0 Å². The van der Waals surface area contributed by atoms with Crippen LogP contribution in [0.15, 0.2) is 0 Å². The predicted octanol–water partition coefficient (Wildman–Crippen LogP) is 3.20. The summed E-state index contributed by atoms with van der Waals surface area (Å²) in [5, 5.41) is 0. The van der Waals surface area contributed by atoms with E-state index in [1.165, 1.54) is 32.1 Å². The van der Waals surface area contributed by atoms with Gasteiger partial charge in [0.1, 0.15) is 0 Å². The fourth-order valence-corrected chi connectivity index (χ4v) is 3.70. The molecule has 2 aliphatic rings. The summed E-state index contributed by atoms with van der Waals surface area (Å²) < 4.78 is 5.48. The highest BCUT2D eigenvalue weighted by atomic mass is 16.5. The molecule has 0 bridgehead atoms. The van der Waals surface area contributed by atoms with E-state index in [1.807, 2.05) is 0 Å². The van der Waals surface area contributed by atoms with Crippen molar-refractivity contribution in [2.75, 3.05) is 13.2 Å². The van der Waals surface area contributed by atoms with Crippen molar-refractivity contribution in [3.8, 4) is 0 Å². The summed E-state index contributed by atoms with van der Waals surface area (Å²) in [6.07, 6.45) is 6.36. The Kier molecular flexibility index (Phi) is 4.14. The molecule has 0 aromatic carbocycles. The Bertz CT molecular complexity index is 240. The molecule has 1 heterocycles. The summed E-state index contributed by atoms with van der Waals surface area (Å²) in [5.74, 6) is 2.43. The van der Waals surface area contributed by atoms with E-state index < -0.39 is 0 Å². The van der Waals surface area contributed by atoms with Gasteiger partial charge in [-0.2, -0.15) is 0 Å². The Morgan fingerprint density at radius 2 is 1.65 bits per heavy atom. The second-order valence-electron chi connectivity index (χ2n) is 7.15. The first kappa shape index (κ1) is 13.4. The molecule has 0 spiro atoms. The number of rotatable bonds is 1. The van der Waals surface area contributed by atoms with Gasteiger partial charge >= 0.3 is 0 Å². The van der Waals surface area contributed by atoms with Crippen molar-refractivity contribution >= 4 is 0 Å². The topological polar surface area (TPSA) is 35.2 Å². The lowest BCUT2D eigenvalue weighted by Crippen LogP contribution is -2.44. The lowest BCUT2D eigenvalue weighted by atomic mass is 9.64. The van der Waals surface area contributed by atoms with Gasteiger partial charge in [0.05, 0.1) is 0 Å². The molecule has 17 heavy (non-hydrogen) atoms. The van der Waals surface area contributed by atoms with Crippen LogP contribution in [0.3, 0.4) is 0 Å². The maximum atomic E-state index is 6.37. The van der Waals surface area contributed by atoms with Crippen LogP contribution in [0.1, 0.15) is 52.9 Å². The zero-order valence-corrected chi connectivity index (χ0v) is 11.7. The van der Waals surface area contributed by atoms with E-state index in [2.05, 4.69) is 20.8 Å². The van der Waals surface area contributed by atoms with Crippen molar-refractivity contribution in [1.82, 2.24) is 0 Å². The normalized spacial score (nSPS) is 37.1. The van der Waals surface area contributed by atoms with Crippen LogP contribution < -0.4 is 5.73 Å². The molecule has 0 amide bonds. The van der Waals surface area contributed by atoms with Crippen molar-refractivity contribution in [2.24, 2.45) is 28.9 Å². The standard InChI is InChI=1S/C15H29NO/c1-15(2,3)12-4-5-14(16)13(10-12)11-6-8-17-9-7-11/h11-14H,4-10,16H2,1-3H3. The number of hydrogen-bond acceptors (Lipinski definition) is 2. The van der Waals surface area contributed by atoms with Gasteiger partial charge in [-0.1, -0.05) is 20.8 Å². The monoisotopic (exact) mass is 239 g/mol. The van der Waals surface area contributed by atoms with Crippen molar-refractivity contribution in [3.63, 3.8) is 0 Å². The highest BCUT2D eigenvalue weighted by molar-refractivity contribution is 4.90. The first-order valence-corrected chi connectivity index (χ1v) is 7.32. The third-order valence-corrected chi connectivity index (χ3v) is 5.05. The van der Waals surface area contributed by atoms with Gasteiger partial charge in [0.25, 0.3) is 0 Å². The van der Waals surface area contributed by atoms with E-state index in [9.17, 15) is 0 Å². The van der Waals surface area contributed by atoms with Crippen LogP contribution in [0.5, 0.6) is 0 Å². The Morgan fingerprint density at radius 1 is 1.00 bits per heavy atom. The highest BCUT2D eigenvalue weighted by Crippen LogP contribution is 2.43. The molecule has 2 nitrogen and oxygen atoms in total. The molecule has 0 aromatic rings. The van der Waals surface area contributed by atoms with Crippen LogP contribution in [0, 0.1) is 23.2 Å². The molecule has 1 saturated carbocycles. The van der Waals surface area contributed by atoms with Crippen molar-refractivity contribution < 1.29 is 4.74 Å². The van der Waals surface area contributed by atoms with E-state index in [1.54, 1.807) is 0 Å². The first-order chi connectivity index (χ1) is 7.98. The van der Waals surface area contributed by atoms with Crippen LogP contribution in [0.2, 0.25) is 0 Å². The van der Waals surface area contributed by atoms with Gasteiger partial charge in [-0.05, 0) is 55.3 Å². The summed E-state index contributed by atoms with van der Waals surface area (Å²) >= 11 is 0. The van der Waals surface area contributed by atoms with Crippen molar-refractivity contribution in [2.45, 2.75) is 58.9 Å². The molecule has 1 saturated heterocycles. The minimum Gasteiger partial charge on any atom is -0.381 e. The van der Waals surface area contributed by atoms with Gasteiger partial charge in [-0.3, -0.25) is 0 Å². The van der Waals surface area contributed by atoms with Gasteiger partial charge < -0.3 is 10.5 Å². The smallest absolute Gasteiger partial charge is 0.0468 e. The molecule has 2 heteroatoms. The molecule has 1 aliphatic heterocycles. The summed E-state index contributed by atoms with van der Waals surface area (Å²) in [6, 6.07) is 0.441. The predicted molar refractivity (Wildman–Crippen MR) is 71.8 cm³/mol. The number of hydrogen-bond donors (Lipinski definition) is 1. The Morgan fingerprint density at radius 3 is 2.24 bits per heavy atom. The molecular weight excluding hydrogens is 210 g/mol. The largest absolute Gasteiger partial charge is 0.381 e. The summed E-state index contributed by atoms with van der Waals surface area (Å²) in [5.41, 5.74) is 6.82. The maximum Gasteiger partial charge on any atom is 0.0468 e. The first-order valence-electron chi connectivity index (χ1n) is 7.32. The molecule has 2 fully saturated rings. The van der Waals surface area contributed by atoms with Crippen LogP contribution >= 0.6 is 0 Å². The van der Waals surface area contributed by atoms with Crippen LogP contribution in [-0.4, -0.2) is 19.3 Å². The molecule has 2 N–H and O–H groups in total. The summed E-state index contributed by atoms with van der Waals surface area (Å²) in [4.78, 5) is 0. The van der Waals surface area contributed by atoms with Crippen molar-refractivity contribution in [1.29, 1.82) is 0 Å². The van der Waals surface area contributed by atoms with Gasteiger partial charge in [0, 0.05) is 19.3 Å². The second kappa shape index (κ2) is 5.27. The molecule has 3 unspecified atom stereocenters. The Hall–Kier alpha value is -0.0800. The van der Waals surface area contributed by atoms with Gasteiger partial charge in [-0.15, -0.1) is 0 Å². The molecule has 2 rings (SSSR count). The van der Waals surface area contributed by atoms with E-state index in [-0.39, 0.29) is 0 Å². The number of nitrogens with two attached hydrogens (primary N) is 1. The molecular formula is C15H29NO. The van der Waals surface area contributed by atoms with E-state index in [0.29, 0.717) is 11.5 Å². The average molecular weight is 239 g/mol. The van der Waals surface area contributed by atoms with E-state index >= 15 is 0 Å². The average Bonchev–Trinajstić information content (AvgIpc) is 2.29. The van der Waals surface area contributed by atoms with Crippen LogP contribution in [0.25, 0.3) is 0 Å². The lowest BCUT2D eigenvalue weighted by molar-refractivity contribution is 0.0161. The van der Waals surface area contributed by atoms with Gasteiger partial charge in [-0.25, -0.2) is 0 Å². The third kappa shape index (κ3) is 3.23. The molecule has 0 radical (unpaired) electrons. The maximum absolute atomic E-state index is 6.37. The lowest BCUT2D eigenvalue weighted by Gasteiger charge is -2.44. The van der Waals surface area contributed by atoms with Crippen LogP contribution in [0.4, 0.5) is 0 Å². The van der Waals surface area contributed by atoms with E-state index in [0.717, 1.165) is 31.0 Å². The SMILES string of the molecule is CC(C)(C)C1CCC(N)C(C2CCOCC2)C1. The zero-order chi connectivity index (χ0) is 12.5. The fourth-order valence-electron chi connectivity index (χ4n) is 3.70. The minimum atomic E-state index is 0.441. The van der Waals surface area contributed by atoms with Crippen molar-refractivity contribution in [3.05, 3.63) is 0 Å². The second-order valence-corrected chi connectivity index (χ2v) is 7.15. The quantitative estimate of drug-likeness (QED) is 0.762. The third-order valence-electron chi connectivity index (χ3n) is 5.05. The summed E-state index contributed by atoms with van der Waals surface area (Å²) in [6.45, 7) is 9.06. The Labute approximate surface area is 106 Å². The molecule has 1 aliphatic carbocycles. The molecule has 3 atom stereocenters. The van der Waals surface area contributed by atoms with E-state index in [4.69, 9.17) is 10.5 Å². The zero-order valence-electron chi connectivity index (χ0n) is 11.7. The molecule has 0 aromatic heterocycles. The summed E-state index contributed by atoms with van der Waals surface area (Å²) in [7, 11) is 0. The van der Waals surface area contributed by atoms with Crippen LogP contribution in [-0.2, 0) is 4.74 Å². The Balaban J connectivity index is 1.99. The molecule has 100 valence electrons. The highest BCUT2D eigenvalue weighted by Gasteiger charge is 2.38. The van der Waals surface area contributed by atoms with Gasteiger partial charge in [0.2, 0.25) is 0 Å². The fraction of sp³-hybridized carbons (Fsp3) is 1.00.